The molecule has 3 aromatic rings. The molecule has 170 valence electrons. The van der Waals surface area contributed by atoms with Crippen molar-refractivity contribution in [2.45, 2.75) is 40.5 Å². The topological polar surface area (TPSA) is 90.5 Å². The van der Waals surface area contributed by atoms with Crippen LogP contribution < -0.4 is 15.0 Å². The molecule has 0 unspecified atom stereocenters. The summed E-state index contributed by atoms with van der Waals surface area (Å²) in [6, 6.07) is 5.70. The Morgan fingerprint density at radius 1 is 1.12 bits per heavy atom. The van der Waals surface area contributed by atoms with E-state index in [0.29, 0.717) is 51.2 Å². The first-order valence-electron chi connectivity index (χ1n) is 10.8. The quantitative estimate of drug-likeness (QED) is 0.332. The highest BCUT2D eigenvalue weighted by molar-refractivity contribution is 7.20. The van der Waals surface area contributed by atoms with Crippen molar-refractivity contribution in [3.63, 3.8) is 0 Å². The number of thiophene rings is 1. The van der Waals surface area contributed by atoms with Gasteiger partial charge >= 0.3 is 5.97 Å². The minimum absolute atomic E-state index is 0.274. The molecular formula is C24H28N2O5S. The third kappa shape index (κ3) is 5.37. The molecule has 0 bridgehead atoms. The molecule has 7 nitrogen and oxygen atoms in total. The number of ether oxygens (including phenoxy) is 3. The van der Waals surface area contributed by atoms with E-state index in [1.54, 1.807) is 19.9 Å². The number of benzene rings is 1. The number of nitrogens with one attached hydrogen (secondary N) is 1. The number of hydrogen-bond donors (Lipinski definition) is 1. The molecule has 0 saturated heterocycles. The summed E-state index contributed by atoms with van der Waals surface area (Å²) >= 11 is 1.17. The number of hydrogen-bond acceptors (Lipinski definition) is 7. The maximum absolute atomic E-state index is 12.6. The third-order valence-corrected chi connectivity index (χ3v) is 5.90. The fraction of sp³-hybridized carbons (Fsp3) is 0.375. The van der Waals surface area contributed by atoms with Crippen LogP contribution in [0.2, 0.25) is 0 Å². The zero-order valence-corrected chi connectivity index (χ0v) is 19.6. The van der Waals surface area contributed by atoms with Crippen LogP contribution >= 0.6 is 11.3 Å². The maximum atomic E-state index is 12.6. The fourth-order valence-corrected chi connectivity index (χ4v) is 4.23. The van der Waals surface area contributed by atoms with Crippen LogP contribution in [0.25, 0.3) is 22.4 Å². The number of aryl methyl sites for hydroxylation is 1. The molecule has 0 saturated carbocycles. The number of aromatic nitrogens is 2. The zero-order chi connectivity index (χ0) is 23.1. The smallest absolute Gasteiger partial charge is 0.348 e. The minimum atomic E-state index is -0.436. The van der Waals surface area contributed by atoms with Gasteiger partial charge in [-0.25, -0.2) is 9.78 Å². The Labute approximate surface area is 191 Å². The number of unbranched alkanes of at least 4 members (excludes halogenated alkanes) is 1. The predicted octanol–water partition coefficient (Wildman–Crippen LogP) is 5.22. The molecular weight excluding hydrogens is 428 g/mol. The van der Waals surface area contributed by atoms with E-state index in [-0.39, 0.29) is 12.2 Å². The molecule has 0 aliphatic heterocycles. The van der Waals surface area contributed by atoms with E-state index in [1.165, 1.54) is 11.3 Å². The van der Waals surface area contributed by atoms with Crippen LogP contribution in [0.4, 0.5) is 0 Å². The van der Waals surface area contributed by atoms with E-state index in [4.69, 9.17) is 14.2 Å². The summed E-state index contributed by atoms with van der Waals surface area (Å²) < 4.78 is 16.6. The predicted molar refractivity (Wildman–Crippen MR) is 128 cm³/mol. The summed E-state index contributed by atoms with van der Waals surface area (Å²) in [5.74, 6) is 1.36. The van der Waals surface area contributed by atoms with Gasteiger partial charge in [0.15, 0.2) is 11.5 Å². The summed E-state index contributed by atoms with van der Waals surface area (Å²) in [6.45, 7) is 8.97. The molecule has 8 heteroatoms. The molecule has 1 N–H and O–H groups in total. The lowest BCUT2D eigenvalue weighted by molar-refractivity contribution is 0.0531. The first-order valence-corrected chi connectivity index (χ1v) is 11.6. The van der Waals surface area contributed by atoms with E-state index < -0.39 is 5.97 Å². The molecule has 2 heterocycles. The van der Waals surface area contributed by atoms with Crippen molar-refractivity contribution < 1.29 is 19.0 Å². The Morgan fingerprint density at radius 3 is 2.66 bits per heavy atom. The highest BCUT2D eigenvalue weighted by Crippen LogP contribution is 2.30. The van der Waals surface area contributed by atoms with Crippen LogP contribution in [-0.4, -0.2) is 35.8 Å². The lowest BCUT2D eigenvalue weighted by Gasteiger charge is -2.12. The highest BCUT2D eigenvalue weighted by Gasteiger charge is 2.19. The Hall–Kier alpha value is -3.13. The zero-order valence-electron chi connectivity index (χ0n) is 18.8. The van der Waals surface area contributed by atoms with Crippen molar-refractivity contribution in [1.82, 2.24) is 9.97 Å². The van der Waals surface area contributed by atoms with Crippen molar-refractivity contribution in [2.24, 2.45) is 0 Å². The van der Waals surface area contributed by atoms with Gasteiger partial charge in [0.05, 0.1) is 25.2 Å². The van der Waals surface area contributed by atoms with Crippen molar-refractivity contribution >= 4 is 39.7 Å². The van der Waals surface area contributed by atoms with Crippen molar-refractivity contribution in [1.29, 1.82) is 0 Å². The fourth-order valence-electron chi connectivity index (χ4n) is 3.15. The first kappa shape index (κ1) is 23.5. The van der Waals surface area contributed by atoms with E-state index in [1.807, 2.05) is 31.2 Å². The highest BCUT2D eigenvalue weighted by atomic mass is 32.1. The summed E-state index contributed by atoms with van der Waals surface area (Å²) in [4.78, 5) is 33.0. The Morgan fingerprint density at radius 2 is 1.94 bits per heavy atom. The standard InChI is InChI=1S/C24H28N2O5S/c1-5-8-13-31-17-11-9-16(14-18(17)29-6-2)10-12-19-25-22(27)20-15(4)21(24(28)30-7-3)32-23(20)26-19/h9-12,14H,5-8,13H2,1-4H3,(H,25,26,27). The summed E-state index contributed by atoms with van der Waals surface area (Å²) in [5, 5.41) is 0.419. The summed E-state index contributed by atoms with van der Waals surface area (Å²) in [5.41, 5.74) is 1.19. The molecule has 1 aromatic carbocycles. The summed E-state index contributed by atoms with van der Waals surface area (Å²) in [6.07, 6.45) is 5.61. The van der Waals surface area contributed by atoms with Gasteiger partial charge in [-0.2, -0.15) is 0 Å². The molecule has 0 spiro atoms. The molecule has 0 atom stereocenters. The van der Waals surface area contributed by atoms with Gasteiger partial charge in [0.1, 0.15) is 15.5 Å². The molecule has 32 heavy (non-hydrogen) atoms. The number of rotatable bonds is 10. The van der Waals surface area contributed by atoms with Crippen molar-refractivity contribution in [2.75, 3.05) is 19.8 Å². The van der Waals surface area contributed by atoms with E-state index in [0.717, 1.165) is 18.4 Å². The average molecular weight is 457 g/mol. The molecule has 2 aromatic heterocycles. The van der Waals surface area contributed by atoms with Gasteiger partial charge in [0.2, 0.25) is 0 Å². The lowest BCUT2D eigenvalue weighted by Crippen LogP contribution is -2.10. The number of aromatic amines is 1. The van der Waals surface area contributed by atoms with Crippen LogP contribution in [0.3, 0.4) is 0 Å². The van der Waals surface area contributed by atoms with Gasteiger partial charge in [-0.05, 0) is 56.5 Å². The lowest BCUT2D eigenvalue weighted by atomic mass is 10.2. The van der Waals surface area contributed by atoms with Crippen molar-refractivity contribution in [3.8, 4) is 11.5 Å². The first-order chi connectivity index (χ1) is 15.5. The van der Waals surface area contributed by atoms with Gasteiger partial charge < -0.3 is 19.2 Å². The van der Waals surface area contributed by atoms with E-state index in [9.17, 15) is 9.59 Å². The van der Waals surface area contributed by atoms with E-state index >= 15 is 0 Å². The number of fused-ring (bicyclic) bond motifs is 1. The Kier molecular flexibility index (Phi) is 8.05. The minimum Gasteiger partial charge on any atom is -0.490 e. The van der Waals surface area contributed by atoms with Crippen LogP contribution in [0.1, 0.15) is 60.2 Å². The number of carbonyl (C=O) groups excluding carboxylic acids is 1. The molecule has 0 amide bonds. The second-order valence-corrected chi connectivity index (χ2v) is 8.08. The normalized spacial score (nSPS) is 11.2. The molecule has 0 fully saturated rings. The van der Waals surface area contributed by atoms with Crippen LogP contribution in [-0.2, 0) is 4.74 Å². The molecule has 0 aliphatic carbocycles. The van der Waals surface area contributed by atoms with Crippen LogP contribution in [0.15, 0.2) is 23.0 Å². The number of esters is 1. The SMILES string of the molecule is CCCCOc1ccc(C=Cc2nc3sc(C(=O)OCC)c(C)c3c(=O)[nH]2)cc1OCC. The number of H-pyrrole nitrogens is 1. The van der Waals surface area contributed by atoms with Gasteiger partial charge in [0.25, 0.3) is 5.56 Å². The third-order valence-electron chi connectivity index (χ3n) is 4.74. The van der Waals surface area contributed by atoms with Crippen LogP contribution in [0, 0.1) is 6.92 Å². The van der Waals surface area contributed by atoms with Gasteiger partial charge in [-0.1, -0.05) is 25.5 Å². The van der Waals surface area contributed by atoms with E-state index in [2.05, 4.69) is 16.9 Å². The Balaban J connectivity index is 1.88. The number of carbonyl (C=O) groups is 1. The second-order valence-electron chi connectivity index (χ2n) is 7.08. The van der Waals surface area contributed by atoms with Crippen LogP contribution in [0.5, 0.6) is 11.5 Å². The largest absolute Gasteiger partial charge is 0.490 e. The maximum Gasteiger partial charge on any atom is 0.348 e. The van der Waals surface area contributed by atoms with Gasteiger partial charge in [0, 0.05) is 0 Å². The summed E-state index contributed by atoms with van der Waals surface area (Å²) in [7, 11) is 0. The van der Waals surface area contributed by atoms with Gasteiger partial charge in [-0.3, -0.25) is 4.79 Å². The molecule has 3 rings (SSSR count). The molecule has 0 aliphatic rings. The Bertz CT molecular complexity index is 1180. The number of nitrogens with zero attached hydrogens (tertiary/aromatic N) is 1. The van der Waals surface area contributed by atoms with Gasteiger partial charge in [-0.15, -0.1) is 11.3 Å². The second kappa shape index (κ2) is 10.9. The van der Waals surface area contributed by atoms with Crippen molar-refractivity contribution in [3.05, 3.63) is 50.4 Å². The monoisotopic (exact) mass is 456 g/mol. The molecule has 0 radical (unpaired) electrons. The average Bonchev–Trinajstić information content (AvgIpc) is 3.11.